The van der Waals surface area contributed by atoms with Gasteiger partial charge in [0.2, 0.25) is 11.8 Å². The molecule has 1 fully saturated rings. The lowest BCUT2D eigenvalue weighted by atomic mass is 9.59. The van der Waals surface area contributed by atoms with Crippen molar-refractivity contribution in [2.75, 3.05) is 4.90 Å². The van der Waals surface area contributed by atoms with Crippen molar-refractivity contribution >= 4 is 29.1 Å². The third kappa shape index (κ3) is 4.42. The number of hydrogen-bond acceptors (Lipinski definition) is 5. The lowest BCUT2D eigenvalue weighted by Crippen LogP contribution is -2.39. The Morgan fingerprint density at radius 3 is 2.09 bits per heavy atom. The Balaban J connectivity index is 1.48. The van der Waals surface area contributed by atoms with E-state index in [4.69, 9.17) is 0 Å². The summed E-state index contributed by atoms with van der Waals surface area (Å²) in [5.74, 6) is -7.26. The molecule has 6 rings (SSSR count). The van der Waals surface area contributed by atoms with E-state index in [9.17, 15) is 50.6 Å². The first-order valence-electron chi connectivity index (χ1n) is 13.2. The van der Waals surface area contributed by atoms with Crippen LogP contribution >= 0.6 is 0 Å². The molecule has 3 aliphatic carbocycles. The zero-order valence-corrected chi connectivity index (χ0v) is 22.2. The number of nitrogens with zero attached hydrogens (tertiary/aromatic N) is 1. The van der Waals surface area contributed by atoms with E-state index < -0.39 is 76.2 Å². The molecule has 43 heavy (non-hydrogen) atoms. The summed E-state index contributed by atoms with van der Waals surface area (Å²) in [7, 11) is 0. The van der Waals surface area contributed by atoms with Crippen molar-refractivity contribution in [2.45, 2.75) is 38.0 Å². The van der Waals surface area contributed by atoms with Crippen molar-refractivity contribution in [1.82, 2.24) is 0 Å². The average molecular weight is 601 g/mol. The predicted octanol–water partition coefficient (Wildman–Crippen LogP) is 6.06. The van der Waals surface area contributed by atoms with Crippen molar-refractivity contribution in [3.63, 3.8) is 0 Å². The van der Waals surface area contributed by atoms with Gasteiger partial charge in [0, 0.05) is 28.2 Å². The third-order valence-corrected chi connectivity index (χ3v) is 8.64. The summed E-state index contributed by atoms with van der Waals surface area (Å²) in [6, 6.07) is 6.69. The summed E-state index contributed by atoms with van der Waals surface area (Å²) < 4.78 is 81.5. The minimum atomic E-state index is -5.19. The number of carbonyl (C=O) groups is 4. The molecule has 1 aliphatic heterocycles. The standard InChI is InChI=1S/C31H21F6NO5/c1-13-8-23(40)26-21(27(13)41)12-20-17(24(26)18-4-2-3-5-22(18)39)6-7-19-25(20)29(43)38(28(19)42)16-10-14(30(32,33)34)9-15(11-16)31(35,36)37/h2-6,8-11,19-20,24-25,39H,7,12H2,1H3. The molecule has 2 aromatic carbocycles. The molecule has 6 nitrogen and oxygen atoms in total. The Morgan fingerprint density at radius 1 is 0.860 bits per heavy atom. The van der Waals surface area contributed by atoms with Gasteiger partial charge in [0.1, 0.15) is 5.75 Å². The number of ketones is 2. The molecule has 4 aliphatic rings. The SMILES string of the molecule is CC1=CC(=O)C2=C(CC3C(=CCC4C(=O)N(c5cc(C(F)(F)F)cc(C(F)(F)F)c5)C(=O)C43)C2c2ccccc2O)C1=O. The number of rotatable bonds is 2. The fraction of sp³-hybridized carbons (Fsp3) is 0.290. The normalized spacial score (nSPS) is 25.8. The third-order valence-electron chi connectivity index (χ3n) is 8.64. The largest absolute Gasteiger partial charge is 0.508 e. The van der Waals surface area contributed by atoms with Crippen LogP contribution in [0.4, 0.5) is 32.0 Å². The van der Waals surface area contributed by atoms with Crippen molar-refractivity contribution in [3.05, 3.63) is 93.6 Å². The van der Waals surface area contributed by atoms with Gasteiger partial charge in [0.15, 0.2) is 11.6 Å². The van der Waals surface area contributed by atoms with Crippen LogP contribution in [0.1, 0.15) is 42.4 Å². The zero-order chi connectivity index (χ0) is 31.2. The molecular formula is C31H21F6NO5. The van der Waals surface area contributed by atoms with E-state index >= 15 is 0 Å². The van der Waals surface area contributed by atoms with Gasteiger partial charge in [0.05, 0.1) is 28.7 Å². The predicted molar refractivity (Wildman–Crippen MR) is 138 cm³/mol. The highest BCUT2D eigenvalue weighted by molar-refractivity contribution is 6.25. The highest BCUT2D eigenvalue weighted by atomic mass is 19.4. The fourth-order valence-corrected chi connectivity index (χ4v) is 6.79. The molecule has 1 saturated heterocycles. The number of allylic oxidation sites excluding steroid dienone is 6. The molecule has 0 radical (unpaired) electrons. The number of hydrogen-bond donors (Lipinski definition) is 1. The van der Waals surface area contributed by atoms with E-state index in [1.54, 1.807) is 24.3 Å². The monoisotopic (exact) mass is 601 g/mol. The van der Waals surface area contributed by atoms with Crippen molar-refractivity contribution in [1.29, 1.82) is 0 Å². The van der Waals surface area contributed by atoms with E-state index in [1.165, 1.54) is 19.1 Å². The molecule has 0 bridgehead atoms. The van der Waals surface area contributed by atoms with Crippen LogP contribution in [-0.4, -0.2) is 28.5 Å². The number of benzene rings is 2. The minimum absolute atomic E-state index is 0.0884. The average Bonchev–Trinajstić information content (AvgIpc) is 3.19. The topological polar surface area (TPSA) is 91.8 Å². The molecular weight excluding hydrogens is 580 g/mol. The fourth-order valence-electron chi connectivity index (χ4n) is 6.79. The quantitative estimate of drug-likeness (QED) is 0.196. The Bertz CT molecular complexity index is 1700. The van der Waals surface area contributed by atoms with Crippen molar-refractivity contribution < 1.29 is 50.6 Å². The smallest absolute Gasteiger partial charge is 0.416 e. The van der Waals surface area contributed by atoms with Gasteiger partial charge in [-0.25, -0.2) is 4.90 Å². The van der Waals surface area contributed by atoms with Crippen molar-refractivity contribution in [3.8, 4) is 5.75 Å². The van der Waals surface area contributed by atoms with Gasteiger partial charge in [-0.1, -0.05) is 29.8 Å². The first-order chi connectivity index (χ1) is 20.1. The van der Waals surface area contributed by atoms with Crippen LogP contribution in [-0.2, 0) is 31.5 Å². The molecule has 0 spiro atoms. The Morgan fingerprint density at radius 2 is 1.49 bits per heavy atom. The summed E-state index contributed by atoms with van der Waals surface area (Å²) in [6.07, 6.45) is -7.81. The maximum Gasteiger partial charge on any atom is 0.416 e. The zero-order valence-electron chi connectivity index (χ0n) is 22.2. The number of Topliss-reactive ketones (excluding diaryl/α,β-unsaturated/α-hetero) is 1. The number of imide groups is 1. The molecule has 2 amide bonds. The van der Waals surface area contributed by atoms with E-state index in [0.717, 1.165) is 0 Å². The van der Waals surface area contributed by atoms with E-state index in [0.29, 0.717) is 22.6 Å². The molecule has 12 heteroatoms. The van der Waals surface area contributed by atoms with Gasteiger partial charge >= 0.3 is 12.4 Å². The summed E-state index contributed by atoms with van der Waals surface area (Å²) in [6.45, 7) is 1.45. The number of phenolic OH excluding ortho intramolecular Hbond substituents is 1. The molecule has 1 heterocycles. The second-order valence-electron chi connectivity index (χ2n) is 11.1. The molecule has 4 atom stereocenters. The van der Waals surface area contributed by atoms with Crippen LogP contribution in [0, 0.1) is 17.8 Å². The molecule has 2 aromatic rings. The van der Waals surface area contributed by atoms with Crippen LogP contribution in [0.3, 0.4) is 0 Å². The number of alkyl halides is 6. The van der Waals surface area contributed by atoms with Gasteiger partial charge in [0.25, 0.3) is 0 Å². The van der Waals surface area contributed by atoms with Crippen LogP contribution < -0.4 is 4.90 Å². The van der Waals surface area contributed by atoms with E-state index in [2.05, 4.69) is 0 Å². The maximum atomic E-state index is 13.9. The summed E-state index contributed by atoms with van der Waals surface area (Å²) >= 11 is 0. The molecule has 0 aromatic heterocycles. The van der Waals surface area contributed by atoms with Gasteiger partial charge in [-0.05, 0) is 56.0 Å². The number of amides is 2. The number of halogens is 6. The molecule has 1 N–H and O–H groups in total. The van der Waals surface area contributed by atoms with E-state index in [-0.39, 0.29) is 46.9 Å². The van der Waals surface area contributed by atoms with E-state index in [1.807, 2.05) is 0 Å². The van der Waals surface area contributed by atoms with Crippen LogP contribution in [0.15, 0.2) is 76.9 Å². The highest BCUT2D eigenvalue weighted by Gasteiger charge is 2.57. The van der Waals surface area contributed by atoms with Gasteiger partial charge in [-0.15, -0.1) is 0 Å². The van der Waals surface area contributed by atoms with Crippen LogP contribution in [0.25, 0.3) is 0 Å². The number of fused-ring (bicyclic) bond motifs is 3. The second-order valence-corrected chi connectivity index (χ2v) is 11.1. The number of para-hydroxylation sites is 1. The van der Waals surface area contributed by atoms with Crippen LogP contribution in [0.2, 0.25) is 0 Å². The summed E-state index contributed by atoms with van der Waals surface area (Å²) in [5.41, 5.74) is -3.09. The molecule has 4 unspecified atom stereocenters. The van der Waals surface area contributed by atoms with Crippen molar-refractivity contribution in [2.24, 2.45) is 17.8 Å². The lowest BCUT2D eigenvalue weighted by Gasteiger charge is -2.42. The van der Waals surface area contributed by atoms with Crippen LogP contribution in [0.5, 0.6) is 5.75 Å². The summed E-state index contributed by atoms with van der Waals surface area (Å²) in [5, 5.41) is 10.7. The van der Waals surface area contributed by atoms with Gasteiger partial charge < -0.3 is 5.11 Å². The number of phenols is 1. The van der Waals surface area contributed by atoms with Gasteiger partial charge in [-0.2, -0.15) is 26.3 Å². The Hall–Kier alpha value is -4.48. The lowest BCUT2D eigenvalue weighted by molar-refractivity contribution is -0.143. The maximum absolute atomic E-state index is 13.9. The summed E-state index contributed by atoms with van der Waals surface area (Å²) in [4.78, 5) is 54.3. The first kappa shape index (κ1) is 28.6. The minimum Gasteiger partial charge on any atom is -0.508 e. The highest BCUT2D eigenvalue weighted by Crippen LogP contribution is 2.56. The Labute approximate surface area is 240 Å². The van der Waals surface area contributed by atoms with Gasteiger partial charge in [-0.3, -0.25) is 19.2 Å². The molecule has 222 valence electrons. The number of anilines is 1. The number of carbonyl (C=O) groups excluding carboxylic acids is 4. The number of aromatic hydroxyl groups is 1. The first-order valence-corrected chi connectivity index (χ1v) is 13.2. The Kier molecular flexibility index (Phi) is 6.34. The molecule has 0 saturated carbocycles. The second kappa shape index (κ2) is 9.51.